The van der Waals surface area contributed by atoms with Gasteiger partial charge in [-0.05, 0) is 0 Å². The molecule has 0 rings (SSSR count). The molecule has 0 unspecified atom stereocenters. The Morgan fingerprint density at radius 1 is 0.286 bits per heavy atom. The largest absolute Gasteiger partial charge is 4.00 e. The normalized spacial score (nSPS) is 0. The van der Waals surface area contributed by atoms with Crippen molar-refractivity contribution in [1.29, 1.82) is 0 Å². The van der Waals surface area contributed by atoms with Crippen LogP contribution in [0.2, 0.25) is 0 Å². The summed E-state index contributed by atoms with van der Waals surface area (Å²) < 4.78 is 0. The molecule has 0 aliphatic rings. The third-order valence-corrected chi connectivity index (χ3v) is 0. The van der Waals surface area contributed by atoms with Gasteiger partial charge in [0.25, 0.3) is 0 Å². The minimum atomic E-state index is 0. The van der Waals surface area contributed by atoms with Crippen molar-refractivity contribution < 1.29 is 87.5 Å². The molecule has 0 saturated carbocycles. The van der Waals surface area contributed by atoms with Crippen LogP contribution in [-0.4, -0.2) is 0 Å². The second-order valence-electron chi connectivity index (χ2n) is 0. The van der Waals surface area contributed by atoms with Crippen molar-refractivity contribution in [2.75, 3.05) is 0 Å². The van der Waals surface area contributed by atoms with E-state index >= 15 is 0 Å². The van der Waals surface area contributed by atoms with Crippen molar-refractivity contribution in [2.24, 2.45) is 0 Å². The Morgan fingerprint density at radius 2 is 0.286 bits per heavy atom. The fraction of sp³-hybridized carbons (Fsp3) is 0. The van der Waals surface area contributed by atoms with Gasteiger partial charge in [-0.1, -0.05) is 0 Å². The van der Waals surface area contributed by atoms with Crippen LogP contribution in [0.1, 0.15) is 0 Å². The van der Waals surface area contributed by atoms with Crippen LogP contribution in [0.3, 0.4) is 0 Å². The zero-order valence-electron chi connectivity index (χ0n) is 3.01. The van der Waals surface area contributed by atoms with Crippen LogP contribution in [0.25, 0.3) is 24.6 Å². The van der Waals surface area contributed by atoms with E-state index in [4.69, 9.17) is 0 Å². The van der Waals surface area contributed by atoms with Crippen molar-refractivity contribution in [3.63, 3.8) is 0 Å². The van der Waals surface area contributed by atoms with E-state index in [1.807, 2.05) is 0 Å². The molecule has 38 valence electrons. The maximum absolute atomic E-state index is 0. The van der Waals surface area contributed by atoms with Crippen molar-refractivity contribution >= 4 is 0 Å². The molecule has 0 heterocycles. The first-order chi connectivity index (χ1) is 0. The molecule has 0 aromatic rings. The Kier molecular flexibility index (Phi) is 944. The zero-order chi connectivity index (χ0) is 0. The molecule has 0 amide bonds. The SMILES string of the molecule is [N-3].[N-3].[N-3].[N-3].[Pu+4].[Pu+4].[Pu+4]. The molecule has 0 aliphatic heterocycles. The molecule has 0 bridgehead atoms. The minimum Gasteiger partial charge on any atom is -3.00 e. The summed E-state index contributed by atoms with van der Waals surface area (Å²) in [5.41, 5.74) is 0. The van der Waals surface area contributed by atoms with Gasteiger partial charge in [-0.25, -0.2) is 0 Å². The Hall–Kier alpha value is 2.80. The molecule has 0 aromatic heterocycles. The molecule has 7 heavy (non-hydrogen) atoms. The van der Waals surface area contributed by atoms with Gasteiger partial charge in [0.05, 0.1) is 0 Å². The molecule has 0 aliphatic carbocycles. The monoisotopic (exact) mass is 770 g/mol. The number of hydrogen-bond acceptors (Lipinski definition) is 0. The van der Waals surface area contributed by atoms with E-state index in [1.165, 1.54) is 0 Å². The average Bonchev–Trinajstić information content (AvgIpc) is 0. The van der Waals surface area contributed by atoms with Gasteiger partial charge in [0, 0.05) is 0 Å². The van der Waals surface area contributed by atoms with E-state index in [-0.39, 0.29) is 112 Å². The Morgan fingerprint density at radius 3 is 0.286 bits per heavy atom. The van der Waals surface area contributed by atoms with Gasteiger partial charge >= 0.3 is 87.5 Å². The molecule has 4 nitrogen and oxygen atoms in total. The van der Waals surface area contributed by atoms with Crippen LogP contribution in [-0.2, 0) is 0 Å². The van der Waals surface area contributed by atoms with E-state index < -0.39 is 0 Å². The zero-order valence-corrected chi connectivity index (χ0v) is 13.2. The number of rotatable bonds is 0. The van der Waals surface area contributed by atoms with Gasteiger partial charge in [0.1, 0.15) is 0 Å². The van der Waals surface area contributed by atoms with Crippen LogP contribution in [0, 0.1) is 87.5 Å². The smallest absolute Gasteiger partial charge is 3.00 e. The Balaban J connectivity index is 0. The summed E-state index contributed by atoms with van der Waals surface area (Å²) in [6.07, 6.45) is 0. The molecular formula is N4Pu3. The van der Waals surface area contributed by atoms with E-state index in [2.05, 4.69) is 0 Å². The van der Waals surface area contributed by atoms with Crippen LogP contribution in [0.5, 0.6) is 0 Å². The van der Waals surface area contributed by atoms with Crippen molar-refractivity contribution in [1.82, 2.24) is 0 Å². The fourth-order valence-corrected chi connectivity index (χ4v) is 0. The molecule has 0 spiro atoms. The summed E-state index contributed by atoms with van der Waals surface area (Å²) in [7, 11) is 0. The maximum Gasteiger partial charge on any atom is 4.00 e. The minimum absolute atomic E-state index is 0. The van der Waals surface area contributed by atoms with Crippen LogP contribution >= 0.6 is 0 Å². The fourth-order valence-electron chi connectivity index (χ4n) is 0. The van der Waals surface area contributed by atoms with Crippen LogP contribution < -0.4 is 0 Å². The van der Waals surface area contributed by atoms with Gasteiger partial charge in [-0.2, -0.15) is 0 Å². The summed E-state index contributed by atoms with van der Waals surface area (Å²) in [5.74, 6) is 0. The van der Waals surface area contributed by atoms with E-state index in [0.717, 1.165) is 0 Å². The topological polar surface area (TPSA) is 122 Å². The molecular weight excluding hydrogens is 788 g/mol. The van der Waals surface area contributed by atoms with E-state index in [0.29, 0.717) is 0 Å². The first kappa shape index (κ1) is 96.8. The molecule has 0 radical (unpaired) electrons. The Labute approximate surface area is 110 Å². The molecule has 0 atom stereocenters. The van der Waals surface area contributed by atoms with Crippen molar-refractivity contribution in [3.8, 4) is 0 Å². The predicted octanol–water partition coefficient (Wildman–Crippen LogP) is 1.15. The van der Waals surface area contributed by atoms with Crippen LogP contribution in [0.4, 0.5) is 0 Å². The molecule has 7 heteroatoms. The summed E-state index contributed by atoms with van der Waals surface area (Å²) >= 11 is 0. The quantitative estimate of drug-likeness (QED) is 0.350. The number of hydrogen-bond donors (Lipinski definition) is 0. The second-order valence-corrected chi connectivity index (χ2v) is 0. The molecule has 0 saturated heterocycles. The summed E-state index contributed by atoms with van der Waals surface area (Å²) in [6, 6.07) is 0. The average molecular weight is 788 g/mol. The second kappa shape index (κ2) is 68.3. The number of nitrogens with zero attached hydrogens (tertiary/aromatic N) is 4. The van der Waals surface area contributed by atoms with Gasteiger partial charge in [0.2, 0.25) is 0 Å². The van der Waals surface area contributed by atoms with Crippen molar-refractivity contribution in [2.45, 2.75) is 0 Å². The molecule has 0 fully saturated rings. The Bertz CT molecular complexity index is 6.90. The van der Waals surface area contributed by atoms with E-state index in [1.54, 1.807) is 0 Å². The summed E-state index contributed by atoms with van der Waals surface area (Å²) in [6.45, 7) is 0. The van der Waals surface area contributed by atoms with Gasteiger partial charge < -0.3 is 24.6 Å². The van der Waals surface area contributed by atoms with E-state index in [9.17, 15) is 0 Å². The van der Waals surface area contributed by atoms with Gasteiger partial charge in [0.15, 0.2) is 0 Å². The molecule has 0 N–H and O–H groups in total. The summed E-state index contributed by atoms with van der Waals surface area (Å²) in [4.78, 5) is 0. The van der Waals surface area contributed by atoms with Crippen LogP contribution in [0.15, 0.2) is 0 Å². The molecule has 0 aromatic carbocycles. The maximum atomic E-state index is 0. The van der Waals surface area contributed by atoms with Crippen molar-refractivity contribution in [3.05, 3.63) is 24.6 Å². The first-order valence-electron chi connectivity index (χ1n) is 0. The third kappa shape index (κ3) is 51.9. The van der Waals surface area contributed by atoms with Gasteiger partial charge in [-0.15, -0.1) is 0 Å². The summed E-state index contributed by atoms with van der Waals surface area (Å²) in [5, 5.41) is 0. The predicted molar refractivity (Wildman–Crippen MR) is 13.4 cm³/mol. The standard InChI is InChI=1S/4N.3Pu/q4*-3;3*+4. The van der Waals surface area contributed by atoms with Gasteiger partial charge in [-0.3, -0.25) is 0 Å². The first-order valence-corrected chi connectivity index (χ1v) is 0. The third-order valence-electron chi connectivity index (χ3n) is 0.